The number of aromatic nitrogens is 5. The molecule has 0 aliphatic rings. The van der Waals surface area contributed by atoms with Crippen LogP contribution in [0, 0.1) is 0 Å². The lowest BCUT2D eigenvalue weighted by atomic mass is 10.0. The van der Waals surface area contributed by atoms with Gasteiger partial charge in [0.15, 0.2) is 11.6 Å². The Morgan fingerprint density at radius 1 is 0.327 bits per heavy atom. The van der Waals surface area contributed by atoms with E-state index < -0.39 is 0 Å². The molecule has 0 atom stereocenters. The van der Waals surface area contributed by atoms with Crippen LogP contribution in [0.4, 0.5) is 0 Å². The molecule has 0 aliphatic heterocycles. The Kier molecular flexibility index (Phi) is 6.18. The summed E-state index contributed by atoms with van der Waals surface area (Å²) in [5.41, 5.74) is 7.45. The van der Waals surface area contributed by atoms with Crippen molar-refractivity contribution in [2.24, 2.45) is 0 Å². The number of para-hydroxylation sites is 2. The van der Waals surface area contributed by atoms with E-state index in [2.05, 4.69) is 167 Å². The van der Waals surface area contributed by atoms with Gasteiger partial charge in [0, 0.05) is 38.4 Å². The van der Waals surface area contributed by atoms with Gasteiger partial charge in [0.05, 0.1) is 22.1 Å². The lowest BCUT2D eigenvalue weighted by molar-refractivity contribution is 0.954. The first kappa shape index (κ1) is 28.7. The Bertz CT molecular complexity index is 3130. The van der Waals surface area contributed by atoms with E-state index in [4.69, 9.17) is 15.0 Å². The minimum absolute atomic E-state index is 0.580. The second-order valence-corrected chi connectivity index (χ2v) is 13.3. The van der Waals surface area contributed by atoms with Gasteiger partial charge in [-0.3, -0.25) is 4.57 Å². The van der Waals surface area contributed by atoms with E-state index in [0.29, 0.717) is 17.6 Å². The molecule has 11 aromatic rings. The van der Waals surface area contributed by atoms with Gasteiger partial charge in [-0.1, -0.05) is 133 Å². The number of hydrogen-bond acceptors (Lipinski definition) is 3. The predicted molar refractivity (Wildman–Crippen MR) is 214 cm³/mol. The molecule has 5 heteroatoms. The number of fused-ring (bicyclic) bond motifs is 8. The highest BCUT2D eigenvalue weighted by atomic mass is 15.2. The molecule has 52 heavy (non-hydrogen) atoms. The molecule has 0 amide bonds. The molecule has 3 aromatic heterocycles. The van der Waals surface area contributed by atoms with Gasteiger partial charge in [0.1, 0.15) is 0 Å². The zero-order valence-corrected chi connectivity index (χ0v) is 28.0. The number of hydrogen-bond donors (Lipinski definition) is 0. The molecular formula is C47H29N5. The van der Waals surface area contributed by atoms with Crippen molar-refractivity contribution in [3.8, 4) is 34.4 Å². The molecule has 0 spiro atoms. The topological polar surface area (TPSA) is 48.5 Å². The molecule has 5 nitrogen and oxygen atoms in total. The van der Waals surface area contributed by atoms with Gasteiger partial charge in [-0.25, -0.2) is 4.98 Å². The monoisotopic (exact) mass is 663 g/mol. The average Bonchev–Trinajstić information content (AvgIpc) is 3.72. The van der Waals surface area contributed by atoms with Gasteiger partial charge in [-0.05, 0) is 64.0 Å². The summed E-state index contributed by atoms with van der Waals surface area (Å²) in [6.07, 6.45) is 0. The molecule has 11 rings (SSSR count). The van der Waals surface area contributed by atoms with Crippen LogP contribution >= 0.6 is 0 Å². The quantitative estimate of drug-likeness (QED) is 0.188. The third-order valence-corrected chi connectivity index (χ3v) is 10.3. The summed E-state index contributed by atoms with van der Waals surface area (Å²) in [5, 5.41) is 9.35. The molecule has 0 radical (unpaired) electrons. The van der Waals surface area contributed by atoms with E-state index in [0.717, 1.165) is 54.8 Å². The van der Waals surface area contributed by atoms with Crippen molar-refractivity contribution in [1.82, 2.24) is 24.1 Å². The van der Waals surface area contributed by atoms with Crippen molar-refractivity contribution in [2.75, 3.05) is 0 Å². The Morgan fingerprint density at radius 2 is 0.904 bits per heavy atom. The van der Waals surface area contributed by atoms with Gasteiger partial charge in [-0.2, -0.15) is 9.97 Å². The largest absolute Gasteiger partial charge is 0.309 e. The number of nitrogens with zero attached hydrogens (tertiary/aromatic N) is 5. The van der Waals surface area contributed by atoms with Gasteiger partial charge in [0.25, 0.3) is 0 Å². The van der Waals surface area contributed by atoms with E-state index in [1.807, 2.05) is 18.2 Å². The van der Waals surface area contributed by atoms with Crippen LogP contribution in [0.25, 0.3) is 99.6 Å². The zero-order valence-electron chi connectivity index (χ0n) is 28.0. The lowest BCUT2D eigenvalue weighted by Gasteiger charge is -2.12. The van der Waals surface area contributed by atoms with Gasteiger partial charge in [0.2, 0.25) is 5.95 Å². The summed E-state index contributed by atoms with van der Waals surface area (Å²) in [6.45, 7) is 0. The summed E-state index contributed by atoms with van der Waals surface area (Å²) in [4.78, 5) is 15.6. The first-order valence-electron chi connectivity index (χ1n) is 17.5. The van der Waals surface area contributed by atoms with Crippen LogP contribution in [0.5, 0.6) is 0 Å². The molecule has 0 unspecified atom stereocenters. The SMILES string of the molecule is c1ccc(-c2nc(-c3cccc4ccccc34)nc(-n3c4ccc(-n5c6ccccc6c6ccccc65)cc4c4cc5ccccc5cc43)n2)cc1. The first-order valence-corrected chi connectivity index (χ1v) is 17.5. The molecule has 0 N–H and O–H groups in total. The fourth-order valence-corrected chi connectivity index (χ4v) is 7.97. The van der Waals surface area contributed by atoms with Gasteiger partial charge >= 0.3 is 0 Å². The van der Waals surface area contributed by atoms with Gasteiger partial charge < -0.3 is 4.57 Å². The maximum atomic E-state index is 5.29. The lowest BCUT2D eigenvalue weighted by Crippen LogP contribution is -2.06. The highest BCUT2D eigenvalue weighted by Crippen LogP contribution is 2.38. The van der Waals surface area contributed by atoms with Crippen LogP contribution in [0.1, 0.15) is 0 Å². The first-order chi connectivity index (χ1) is 25.8. The van der Waals surface area contributed by atoms with Crippen LogP contribution in [0.15, 0.2) is 176 Å². The molecule has 0 saturated heterocycles. The van der Waals surface area contributed by atoms with Crippen molar-refractivity contribution in [1.29, 1.82) is 0 Å². The number of rotatable bonds is 4. The average molecular weight is 664 g/mol. The van der Waals surface area contributed by atoms with Crippen molar-refractivity contribution in [3.63, 3.8) is 0 Å². The third kappa shape index (κ3) is 4.33. The van der Waals surface area contributed by atoms with E-state index in [1.165, 1.54) is 27.2 Å². The van der Waals surface area contributed by atoms with Crippen LogP contribution < -0.4 is 0 Å². The maximum absolute atomic E-state index is 5.29. The van der Waals surface area contributed by atoms with E-state index in [-0.39, 0.29) is 0 Å². The molecular weight excluding hydrogens is 635 g/mol. The smallest absolute Gasteiger partial charge is 0.238 e. The molecule has 0 bridgehead atoms. The Morgan fingerprint density at radius 3 is 1.67 bits per heavy atom. The van der Waals surface area contributed by atoms with Crippen molar-refractivity contribution >= 4 is 65.2 Å². The van der Waals surface area contributed by atoms with Crippen LogP contribution in [-0.2, 0) is 0 Å². The molecule has 242 valence electrons. The minimum atomic E-state index is 0.580. The second kappa shape index (κ2) is 11.2. The summed E-state index contributed by atoms with van der Waals surface area (Å²) in [7, 11) is 0. The predicted octanol–water partition coefficient (Wildman–Crippen LogP) is 11.7. The van der Waals surface area contributed by atoms with E-state index >= 15 is 0 Å². The zero-order chi connectivity index (χ0) is 34.2. The minimum Gasteiger partial charge on any atom is -0.309 e. The molecule has 0 saturated carbocycles. The van der Waals surface area contributed by atoms with Crippen molar-refractivity contribution < 1.29 is 0 Å². The molecule has 0 fully saturated rings. The normalized spacial score (nSPS) is 11.8. The summed E-state index contributed by atoms with van der Waals surface area (Å²) >= 11 is 0. The standard InChI is InChI=1S/C47H29N5/c1-2-14-31(15-3-1)45-48-46(38-22-12-18-30-13-6-7-19-35(30)38)50-47(49-45)52-43-26-25-34(29-40(43)39-27-32-16-4-5-17-33(32)28-44(39)52)51-41-23-10-8-20-36(41)37-21-9-11-24-42(37)51/h1-29H. The van der Waals surface area contributed by atoms with Crippen LogP contribution in [-0.4, -0.2) is 24.1 Å². The Labute approximate surface area is 298 Å². The van der Waals surface area contributed by atoms with E-state index in [1.54, 1.807) is 0 Å². The Balaban J connectivity index is 1.23. The molecule has 0 aliphatic carbocycles. The highest BCUT2D eigenvalue weighted by Gasteiger charge is 2.21. The fraction of sp³-hybridized carbons (Fsp3) is 0. The molecule has 3 heterocycles. The third-order valence-electron chi connectivity index (χ3n) is 10.3. The van der Waals surface area contributed by atoms with Gasteiger partial charge in [-0.15, -0.1) is 0 Å². The fourth-order valence-electron chi connectivity index (χ4n) is 7.97. The number of benzene rings is 8. The van der Waals surface area contributed by atoms with E-state index in [9.17, 15) is 0 Å². The van der Waals surface area contributed by atoms with Crippen LogP contribution in [0.3, 0.4) is 0 Å². The van der Waals surface area contributed by atoms with Crippen molar-refractivity contribution in [3.05, 3.63) is 176 Å². The summed E-state index contributed by atoms with van der Waals surface area (Å²) < 4.78 is 4.60. The van der Waals surface area contributed by atoms with Crippen LogP contribution in [0.2, 0.25) is 0 Å². The highest BCUT2D eigenvalue weighted by molar-refractivity contribution is 6.15. The molecule has 8 aromatic carbocycles. The van der Waals surface area contributed by atoms with Crippen molar-refractivity contribution in [2.45, 2.75) is 0 Å². The Hall–Kier alpha value is -7.11. The maximum Gasteiger partial charge on any atom is 0.238 e. The second-order valence-electron chi connectivity index (χ2n) is 13.3. The summed E-state index contributed by atoms with van der Waals surface area (Å²) in [6, 6.07) is 62.1. The summed E-state index contributed by atoms with van der Waals surface area (Å²) in [5.74, 6) is 1.85.